The summed E-state index contributed by atoms with van der Waals surface area (Å²) in [5.74, 6) is -0.291. The van der Waals surface area contributed by atoms with Crippen molar-refractivity contribution >= 4 is 18.1 Å². The van der Waals surface area contributed by atoms with Crippen LogP contribution in [0.3, 0.4) is 0 Å². The third-order valence-corrected chi connectivity index (χ3v) is 1.85. The molecule has 1 aliphatic heterocycles. The summed E-state index contributed by atoms with van der Waals surface area (Å²) >= 11 is 0. The number of carbonyl (C=O) groups is 3. The van der Waals surface area contributed by atoms with Crippen LogP contribution in [0.25, 0.3) is 0 Å². The average molecular weight is 169 g/mol. The van der Waals surface area contributed by atoms with Crippen molar-refractivity contribution in [1.29, 1.82) is 0 Å². The molecule has 1 fully saturated rings. The minimum absolute atomic E-state index is 0.145. The van der Waals surface area contributed by atoms with Gasteiger partial charge in [0.25, 0.3) is 0 Å². The van der Waals surface area contributed by atoms with Crippen LogP contribution < -0.4 is 0 Å². The van der Waals surface area contributed by atoms with Gasteiger partial charge >= 0.3 is 0 Å². The predicted octanol–water partition coefficient (Wildman–Crippen LogP) is 0.114. The van der Waals surface area contributed by atoms with Gasteiger partial charge in [-0.05, 0) is 6.42 Å². The van der Waals surface area contributed by atoms with E-state index in [-0.39, 0.29) is 24.8 Å². The molecule has 1 heterocycles. The molecule has 1 aliphatic rings. The van der Waals surface area contributed by atoms with E-state index in [1.807, 2.05) is 0 Å². The quantitative estimate of drug-likeness (QED) is 0.445. The Morgan fingerprint density at radius 1 is 1.25 bits per heavy atom. The number of rotatable bonds is 3. The molecule has 0 atom stereocenters. The molecule has 0 aromatic carbocycles. The van der Waals surface area contributed by atoms with E-state index < -0.39 is 0 Å². The first kappa shape index (κ1) is 8.90. The second kappa shape index (κ2) is 3.99. The summed E-state index contributed by atoms with van der Waals surface area (Å²) in [7, 11) is 0. The second-order valence-corrected chi connectivity index (χ2v) is 2.75. The maximum atomic E-state index is 11.1. The summed E-state index contributed by atoms with van der Waals surface area (Å²) in [4.78, 5) is 33.4. The molecular formula is C8H11NO3. The van der Waals surface area contributed by atoms with Gasteiger partial charge in [0.2, 0.25) is 11.8 Å². The molecule has 0 aromatic rings. The second-order valence-electron chi connectivity index (χ2n) is 2.75. The standard InChI is InChI=1S/C8H11NO3/c10-6-2-5-9-7(11)3-1-4-8(9)12/h6H,1-5H2. The first-order valence-electron chi connectivity index (χ1n) is 4.02. The van der Waals surface area contributed by atoms with Gasteiger partial charge in [-0.15, -0.1) is 0 Å². The molecular weight excluding hydrogens is 158 g/mol. The van der Waals surface area contributed by atoms with E-state index in [4.69, 9.17) is 0 Å². The summed E-state index contributed by atoms with van der Waals surface area (Å²) in [6.45, 7) is 0.251. The number of likely N-dealkylation sites (tertiary alicyclic amines) is 1. The third-order valence-electron chi connectivity index (χ3n) is 1.85. The van der Waals surface area contributed by atoms with Gasteiger partial charge in [-0.25, -0.2) is 0 Å². The monoisotopic (exact) mass is 169 g/mol. The van der Waals surface area contributed by atoms with Gasteiger partial charge in [-0.1, -0.05) is 0 Å². The van der Waals surface area contributed by atoms with Gasteiger partial charge in [0.1, 0.15) is 6.29 Å². The number of carbonyl (C=O) groups excluding carboxylic acids is 3. The van der Waals surface area contributed by atoms with Gasteiger partial charge in [0.15, 0.2) is 0 Å². The Balaban J connectivity index is 2.51. The van der Waals surface area contributed by atoms with Crippen molar-refractivity contribution in [3.05, 3.63) is 0 Å². The van der Waals surface area contributed by atoms with Crippen molar-refractivity contribution in [3.8, 4) is 0 Å². The molecule has 12 heavy (non-hydrogen) atoms. The van der Waals surface area contributed by atoms with Gasteiger partial charge in [-0.2, -0.15) is 0 Å². The Labute approximate surface area is 70.5 Å². The van der Waals surface area contributed by atoms with Gasteiger partial charge < -0.3 is 4.79 Å². The maximum absolute atomic E-state index is 11.1. The number of nitrogens with zero attached hydrogens (tertiary/aromatic N) is 1. The smallest absolute Gasteiger partial charge is 0.229 e. The molecule has 1 saturated heterocycles. The van der Waals surface area contributed by atoms with Crippen LogP contribution in [-0.2, 0) is 14.4 Å². The van der Waals surface area contributed by atoms with Crippen LogP contribution in [0.4, 0.5) is 0 Å². The summed E-state index contributed by atoms with van der Waals surface area (Å²) in [5.41, 5.74) is 0. The highest BCUT2D eigenvalue weighted by atomic mass is 16.2. The fraction of sp³-hybridized carbons (Fsp3) is 0.625. The van der Waals surface area contributed by atoms with E-state index in [0.29, 0.717) is 19.3 Å². The van der Waals surface area contributed by atoms with Gasteiger partial charge in [0.05, 0.1) is 0 Å². The molecule has 0 saturated carbocycles. The highest BCUT2D eigenvalue weighted by Crippen LogP contribution is 2.11. The summed E-state index contributed by atoms with van der Waals surface area (Å²) in [6, 6.07) is 0. The lowest BCUT2D eigenvalue weighted by Crippen LogP contribution is -2.40. The van der Waals surface area contributed by atoms with Crippen molar-refractivity contribution in [2.45, 2.75) is 25.7 Å². The zero-order valence-corrected chi connectivity index (χ0v) is 6.78. The highest BCUT2D eigenvalue weighted by molar-refractivity contribution is 5.97. The van der Waals surface area contributed by atoms with E-state index >= 15 is 0 Å². The largest absolute Gasteiger partial charge is 0.303 e. The normalized spacial score (nSPS) is 18.2. The van der Waals surface area contributed by atoms with Crippen molar-refractivity contribution < 1.29 is 14.4 Å². The molecule has 4 nitrogen and oxygen atoms in total. The molecule has 0 aliphatic carbocycles. The van der Waals surface area contributed by atoms with Crippen molar-refractivity contribution in [2.75, 3.05) is 6.54 Å². The first-order valence-corrected chi connectivity index (χ1v) is 4.02. The van der Waals surface area contributed by atoms with Crippen LogP contribution in [0.5, 0.6) is 0 Å². The topological polar surface area (TPSA) is 54.5 Å². The fourth-order valence-corrected chi connectivity index (χ4v) is 1.23. The Hall–Kier alpha value is -1.19. The molecule has 66 valence electrons. The Morgan fingerprint density at radius 3 is 2.33 bits per heavy atom. The zero-order chi connectivity index (χ0) is 8.97. The number of imide groups is 1. The Kier molecular flexibility index (Phi) is 2.96. The van der Waals surface area contributed by atoms with Crippen molar-refractivity contribution in [1.82, 2.24) is 4.90 Å². The van der Waals surface area contributed by atoms with Gasteiger partial charge in [-0.3, -0.25) is 14.5 Å². The SMILES string of the molecule is O=CCCN1C(=O)CCCC1=O. The van der Waals surface area contributed by atoms with Crippen LogP contribution >= 0.6 is 0 Å². The number of piperidine rings is 1. The van der Waals surface area contributed by atoms with Crippen molar-refractivity contribution in [3.63, 3.8) is 0 Å². The lowest BCUT2D eigenvalue weighted by Gasteiger charge is -2.23. The number of hydrogen-bond donors (Lipinski definition) is 0. The van der Waals surface area contributed by atoms with E-state index in [0.717, 1.165) is 6.29 Å². The predicted molar refractivity (Wildman–Crippen MR) is 41.3 cm³/mol. The first-order chi connectivity index (χ1) is 5.75. The lowest BCUT2D eigenvalue weighted by atomic mass is 10.1. The summed E-state index contributed by atoms with van der Waals surface area (Å²) < 4.78 is 0. The summed E-state index contributed by atoms with van der Waals surface area (Å²) in [5, 5.41) is 0. The number of hydrogen-bond acceptors (Lipinski definition) is 3. The van der Waals surface area contributed by atoms with E-state index in [9.17, 15) is 14.4 Å². The lowest BCUT2D eigenvalue weighted by molar-refractivity contribution is -0.147. The van der Waals surface area contributed by atoms with Crippen LogP contribution in [0.15, 0.2) is 0 Å². The molecule has 0 spiro atoms. The van der Waals surface area contributed by atoms with Gasteiger partial charge in [0, 0.05) is 25.8 Å². The minimum atomic E-state index is -0.145. The Morgan fingerprint density at radius 2 is 1.83 bits per heavy atom. The van der Waals surface area contributed by atoms with Crippen LogP contribution in [-0.4, -0.2) is 29.5 Å². The molecule has 0 N–H and O–H groups in total. The molecule has 2 amide bonds. The molecule has 0 aromatic heterocycles. The maximum Gasteiger partial charge on any atom is 0.229 e. The molecule has 0 radical (unpaired) electrons. The van der Waals surface area contributed by atoms with E-state index in [1.165, 1.54) is 4.90 Å². The van der Waals surface area contributed by atoms with Crippen LogP contribution in [0.2, 0.25) is 0 Å². The molecule has 0 unspecified atom stereocenters. The zero-order valence-electron chi connectivity index (χ0n) is 6.78. The van der Waals surface area contributed by atoms with Crippen LogP contribution in [0.1, 0.15) is 25.7 Å². The highest BCUT2D eigenvalue weighted by Gasteiger charge is 2.24. The third kappa shape index (κ3) is 1.90. The van der Waals surface area contributed by atoms with E-state index in [2.05, 4.69) is 0 Å². The fourth-order valence-electron chi connectivity index (χ4n) is 1.23. The number of aldehydes is 1. The molecule has 0 bridgehead atoms. The minimum Gasteiger partial charge on any atom is -0.303 e. The van der Waals surface area contributed by atoms with Crippen molar-refractivity contribution in [2.24, 2.45) is 0 Å². The van der Waals surface area contributed by atoms with Crippen LogP contribution in [0, 0.1) is 0 Å². The Bertz CT molecular complexity index is 196. The van der Waals surface area contributed by atoms with E-state index in [1.54, 1.807) is 0 Å². The molecule has 1 rings (SSSR count). The number of amides is 2. The average Bonchev–Trinajstić information content (AvgIpc) is 2.04. The summed E-state index contributed by atoms with van der Waals surface area (Å²) in [6.07, 6.45) is 2.48. The molecule has 4 heteroatoms.